The molecule has 1 aromatic carbocycles. The molecule has 8 nitrogen and oxygen atoms in total. The van der Waals surface area contributed by atoms with E-state index in [0.717, 1.165) is 5.69 Å². The predicted molar refractivity (Wildman–Crippen MR) is 104 cm³/mol. The van der Waals surface area contributed by atoms with Crippen LogP contribution in [0.2, 0.25) is 0 Å². The minimum atomic E-state index is -1.02. The molecule has 1 unspecified atom stereocenters. The number of ether oxygens (including phenoxy) is 1. The summed E-state index contributed by atoms with van der Waals surface area (Å²) in [5.74, 6) is -1.34. The Kier molecular flexibility index (Phi) is 6.33. The van der Waals surface area contributed by atoms with Crippen molar-refractivity contribution in [2.45, 2.75) is 19.0 Å². The maximum absolute atomic E-state index is 13.1. The Hall–Kier alpha value is -3.26. The van der Waals surface area contributed by atoms with Gasteiger partial charge in [0.1, 0.15) is 5.71 Å². The van der Waals surface area contributed by atoms with Gasteiger partial charge in [0.25, 0.3) is 5.91 Å². The Labute approximate surface area is 163 Å². The quantitative estimate of drug-likeness (QED) is 0.748. The number of aromatic nitrogens is 1. The first-order valence-electron chi connectivity index (χ1n) is 8.93. The van der Waals surface area contributed by atoms with E-state index in [2.05, 4.69) is 10.1 Å². The molecule has 1 atom stereocenters. The van der Waals surface area contributed by atoms with Gasteiger partial charge in [0.05, 0.1) is 24.5 Å². The fraction of sp³-hybridized carbons (Fsp3) is 0.300. The third kappa shape index (κ3) is 4.52. The van der Waals surface area contributed by atoms with Crippen LogP contribution in [0.4, 0.5) is 5.69 Å². The molecular weight excluding hydrogens is 360 g/mol. The number of carbonyl (C=O) groups excluding carboxylic acids is 1. The lowest BCUT2D eigenvalue weighted by molar-refractivity contribution is -0.138. The van der Waals surface area contributed by atoms with Crippen LogP contribution in [0.15, 0.2) is 59.8 Å². The van der Waals surface area contributed by atoms with E-state index in [1.165, 1.54) is 5.01 Å². The Morgan fingerprint density at radius 3 is 2.61 bits per heavy atom. The molecular formula is C20H22N4O4. The lowest BCUT2D eigenvalue weighted by Gasteiger charge is -2.21. The van der Waals surface area contributed by atoms with Crippen molar-refractivity contribution in [3.05, 3.63) is 60.4 Å². The number of methoxy groups -OCH3 is 1. The molecule has 0 aliphatic carbocycles. The van der Waals surface area contributed by atoms with E-state index in [9.17, 15) is 14.7 Å². The molecule has 2 aromatic rings. The number of anilines is 1. The van der Waals surface area contributed by atoms with Crippen molar-refractivity contribution in [2.75, 3.05) is 25.3 Å². The number of amides is 1. The number of pyridine rings is 1. The van der Waals surface area contributed by atoms with Crippen molar-refractivity contribution in [2.24, 2.45) is 5.10 Å². The van der Waals surface area contributed by atoms with Crippen molar-refractivity contribution >= 4 is 23.3 Å². The van der Waals surface area contributed by atoms with E-state index < -0.39 is 12.0 Å². The number of rotatable bonds is 8. The molecule has 2 heterocycles. The van der Waals surface area contributed by atoms with Gasteiger partial charge in [0, 0.05) is 26.3 Å². The normalized spacial score (nSPS) is 16.0. The van der Waals surface area contributed by atoms with Gasteiger partial charge in [0.15, 0.2) is 6.04 Å². The minimum Gasteiger partial charge on any atom is -0.480 e. The van der Waals surface area contributed by atoms with Crippen molar-refractivity contribution in [3.63, 3.8) is 0 Å². The molecule has 0 spiro atoms. The lowest BCUT2D eigenvalue weighted by atomic mass is 10.1. The third-order valence-electron chi connectivity index (χ3n) is 4.39. The Morgan fingerprint density at radius 2 is 1.96 bits per heavy atom. The predicted octanol–water partition coefficient (Wildman–Crippen LogP) is 1.78. The number of carboxylic acid groups (broad SMARTS) is 1. The molecule has 0 bridgehead atoms. The van der Waals surface area contributed by atoms with Crippen LogP contribution in [-0.4, -0.2) is 58.9 Å². The molecule has 0 saturated heterocycles. The van der Waals surface area contributed by atoms with Gasteiger partial charge in [-0.1, -0.05) is 24.3 Å². The van der Waals surface area contributed by atoms with Crippen LogP contribution in [-0.2, 0) is 20.9 Å². The van der Waals surface area contributed by atoms with Gasteiger partial charge in [-0.3, -0.25) is 14.8 Å². The highest BCUT2D eigenvalue weighted by Crippen LogP contribution is 2.25. The first-order chi connectivity index (χ1) is 13.6. The summed E-state index contributed by atoms with van der Waals surface area (Å²) in [4.78, 5) is 30.7. The SMILES string of the molecule is COCCN(Cc1ccccn1)C(=O)C1=NN(c2ccccc2)C(C(=O)O)C1. The Bertz CT molecular complexity index is 842. The van der Waals surface area contributed by atoms with Crippen LogP contribution in [0.1, 0.15) is 12.1 Å². The van der Waals surface area contributed by atoms with Crippen LogP contribution < -0.4 is 5.01 Å². The fourth-order valence-corrected chi connectivity index (χ4v) is 2.97. The van der Waals surface area contributed by atoms with Gasteiger partial charge in [0.2, 0.25) is 0 Å². The van der Waals surface area contributed by atoms with Gasteiger partial charge < -0.3 is 14.7 Å². The van der Waals surface area contributed by atoms with Gasteiger partial charge in [-0.15, -0.1) is 0 Å². The molecule has 0 radical (unpaired) electrons. The highest BCUT2D eigenvalue weighted by Gasteiger charge is 2.37. The standard InChI is InChI=1S/C20H22N4O4/c1-28-12-11-23(14-15-7-5-6-10-21-15)19(25)17-13-18(20(26)27)24(22-17)16-8-3-2-4-9-16/h2-10,18H,11-14H2,1H3,(H,26,27). The van der Waals surface area contributed by atoms with Gasteiger partial charge >= 0.3 is 5.97 Å². The summed E-state index contributed by atoms with van der Waals surface area (Å²) < 4.78 is 5.11. The van der Waals surface area contributed by atoms with E-state index in [-0.39, 0.29) is 18.0 Å². The van der Waals surface area contributed by atoms with E-state index >= 15 is 0 Å². The average Bonchev–Trinajstić information content (AvgIpc) is 3.18. The van der Waals surface area contributed by atoms with Crippen molar-refractivity contribution in [3.8, 4) is 0 Å². The summed E-state index contributed by atoms with van der Waals surface area (Å²) in [6.45, 7) is 1.01. The Morgan fingerprint density at radius 1 is 1.21 bits per heavy atom. The van der Waals surface area contributed by atoms with Crippen molar-refractivity contribution < 1.29 is 19.4 Å². The van der Waals surface area contributed by atoms with Crippen LogP contribution in [0.25, 0.3) is 0 Å². The van der Waals surface area contributed by atoms with Crippen LogP contribution >= 0.6 is 0 Å². The zero-order chi connectivity index (χ0) is 19.9. The second kappa shape index (κ2) is 9.09. The summed E-state index contributed by atoms with van der Waals surface area (Å²) in [7, 11) is 1.56. The second-order valence-corrected chi connectivity index (χ2v) is 6.33. The first kappa shape index (κ1) is 19.5. The molecule has 1 aromatic heterocycles. The molecule has 3 rings (SSSR count). The Balaban J connectivity index is 1.83. The summed E-state index contributed by atoms with van der Waals surface area (Å²) in [6, 6.07) is 13.6. The van der Waals surface area contributed by atoms with E-state index in [1.807, 2.05) is 18.2 Å². The lowest BCUT2D eigenvalue weighted by Crippen LogP contribution is -2.39. The highest BCUT2D eigenvalue weighted by molar-refractivity contribution is 6.40. The smallest absolute Gasteiger partial charge is 0.328 e. The molecule has 1 N–H and O–H groups in total. The third-order valence-corrected chi connectivity index (χ3v) is 4.39. The molecule has 1 aliphatic heterocycles. The highest BCUT2D eigenvalue weighted by atomic mass is 16.5. The molecule has 1 amide bonds. The van der Waals surface area contributed by atoms with E-state index in [0.29, 0.717) is 25.4 Å². The summed E-state index contributed by atoms with van der Waals surface area (Å²) >= 11 is 0. The number of aliphatic carboxylic acids is 1. The van der Waals surface area contributed by atoms with Gasteiger partial charge in [-0.05, 0) is 24.3 Å². The number of carbonyl (C=O) groups is 2. The summed E-state index contributed by atoms with van der Waals surface area (Å²) in [6.07, 6.45) is 1.70. The van der Waals surface area contributed by atoms with Gasteiger partial charge in [-0.2, -0.15) is 5.10 Å². The van der Waals surface area contributed by atoms with Crippen LogP contribution in [0.5, 0.6) is 0 Å². The maximum atomic E-state index is 13.1. The number of hydrogen-bond donors (Lipinski definition) is 1. The maximum Gasteiger partial charge on any atom is 0.328 e. The molecule has 1 aliphatic rings. The molecule has 0 fully saturated rings. The molecule has 28 heavy (non-hydrogen) atoms. The average molecular weight is 382 g/mol. The summed E-state index contributed by atoms with van der Waals surface area (Å²) in [5, 5.41) is 15.3. The molecule has 146 valence electrons. The number of hydrogen-bond acceptors (Lipinski definition) is 6. The number of para-hydroxylation sites is 1. The zero-order valence-corrected chi connectivity index (χ0v) is 15.6. The van der Waals surface area contributed by atoms with Crippen LogP contribution in [0, 0.1) is 0 Å². The van der Waals surface area contributed by atoms with Crippen molar-refractivity contribution in [1.29, 1.82) is 0 Å². The minimum absolute atomic E-state index is 0.0365. The topological polar surface area (TPSA) is 95.3 Å². The molecule has 0 saturated carbocycles. The number of benzene rings is 1. The molecule has 8 heteroatoms. The zero-order valence-electron chi connectivity index (χ0n) is 15.6. The fourth-order valence-electron chi connectivity index (χ4n) is 2.97. The van der Waals surface area contributed by atoms with Crippen LogP contribution in [0.3, 0.4) is 0 Å². The number of hydrazone groups is 1. The number of nitrogens with zero attached hydrogens (tertiary/aromatic N) is 4. The van der Waals surface area contributed by atoms with Gasteiger partial charge in [-0.25, -0.2) is 4.79 Å². The summed E-state index contributed by atoms with van der Waals surface area (Å²) in [5.41, 5.74) is 1.58. The largest absolute Gasteiger partial charge is 0.480 e. The van der Waals surface area contributed by atoms with E-state index in [1.54, 1.807) is 48.5 Å². The monoisotopic (exact) mass is 382 g/mol. The van der Waals surface area contributed by atoms with E-state index in [4.69, 9.17) is 4.74 Å². The second-order valence-electron chi connectivity index (χ2n) is 6.33. The van der Waals surface area contributed by atoms with Crippen molar-refractivity contribution in [1.82, 2.24) is 9.88 Å². The number of carboxylic acids is 1. The first-order valence-corrected chi connectivity index (χ1v) is 8.93.